The van der Waals surface area contributed by atoms with Crippen molar-refractivity contribution in [2.24, 2.45) is 0 Å². The van der Waals surface area contributed by atoms with Gasteiger partial charge in [0.25, 0.3) is 5.91 Å². The molecule has 2 aromatic carbocycles. The molecule has 7 nitrogen and oxygen atoms in total. The van der Waals surface area contributed by atoms with Crippen molar-refractivity contribution in [2.45, 2.75) is 59.0 Å². The van der Waals surface area contributed by atoms with E-state index in [2.05, 4.69) is 16.5 Å². The Morgan fingerprint density at radius 1 is 1.06 bits per heavy atom. The quantitative estimate of drug-likeness (QED) is 0.485. The third kappa shape index (κ3) is 5.93. The van der Waals surface area contributed by atoms with Crippen LogP contribution in [0, 0.1) is 19.7 Å². The Hall–Kier alpha value is -3.68. The number of amides is 2. The average Bonchev–Trinajstić information content (AvgIpc) is 3.25. The van der Waals surface area contributed by atoms with Gasteiger partial charge in [-0.1, -0.05) is 17.7 Å². The SMILES string of the molecule is Cc1ccc(-n2cc(C3CCN(C(=O)OC(C)(C)C)CC3)c(C(=O)Nc3ccc(F)cc3)n2)c(C)c1. The maximum absolute atomic E-state index is 13.3. The minimum atomic E-state index is -0.549. The van der Waals surface area contributed by atoms with Crippen LogP contribution in [0.25, 0.3) is 5.69 Å². The molecule has 1 aliphatic rings. The van der Waals surface area contributed by atoms with E-state index in [4.69, 9.17) is 4.74 Å². The highest BCUT2D eigenvalue weighted by molar-refractivity contribution is 6.04. The number of carbonyl (C=O) groups excluding carboxylic acids is 2. The van der Waals surface area contributed by atoms with E-state index in [-0.39, 0.29) is 23.7 Å². The first-order valence-electron chi connectivity index (χ1n) is 12.2. The van der Waals surface area contributed by atoms with Crippen molar-refractivity contribution in [3.05, 3.63) is 76.9 Å². The zero-order valence-corrected chi connectivity index (χ0v) is 21.5. The molecular weight excluding hydrogens is 459 g/mol. The van der Waals surface area contributed by atoms with Gasteiger partial charge in [0.2, 0.25) is 0 Å². The molecule has 0 atom stereocenters. The number of ether oxygens (including phenoxy) is 1. The van der Waals surface area contributed by atoms with Crippen LogP contribution in [0.3, 0.4) is 0 Å². The van der Waals surface area contributed by atoms with Crippen LogP contribution >= 0.6 is 0 Å². The van der Waals surface area contributed by atoms with E-state index in [0.717, 1.165) is 22.4 Å². The van der Waals surface area contributed by atoms with Crippen LogP contribution in [0.1, 0.15) is 66.7 Å². The molecule has 0 unspecified atom stereocenters. The second kappa shape index (κ2) is 10.1. The normalized spacial score (nSPS) is 14.6. The molecule has 36 heavy (non-hydrogen) atoms. The second-order valence-electron chi connectivity index (χ2n) is 10.4. The van der Waals surface area contributed by atoms with Crippen LogP contribution in [0.15, 0.2) is 48.7 Å². The van der Waals surface area contributed by atoms with Gasteiger partial charge < -0.3 is 15.0 Å². The Labute approximate surface area is 211 Å². The van der Waals surface area contributed by atoms with Gasteiger partial charge in [-0.25, -0.2) is 13.9 Å². The van der Waals surface area contributed by atoms with Gasteiger partial charge in [-0.15, -0.1) is 0 Å². The summed E-state index contributed by atoms with van der Waals surface area (Å²) in [5, 5.41) is 7.53. The van der Waals surface area contributed by atoms with Gasteiger partial charge in [0.1, 0.15) is 11.4 Å². The van der Waals surface area contributed by atoms with Crippen molar-refractivity contribution < 1.29 is 18.7 Å². The highest BCUT2D eigenvalue weighted by Crippen LogP contribution is 2.32. The largest absolute Gasteiger partial charge is 0.444 e. The zero-order chi connectivity index (χ0) is 26.0. The van der Waals surface area contributed by atoms with Crippen molar-refractivity contribution in [3.8, 4) is 5.69 Å². The summed E-state index contributed by atoms with van der Waals surface area (Å²) in [6.45, 7) is 10.7. The lowest BCUT2D eigenvalue weighted by molar-refractivity contribution is 0.0204. The van der Waals surface area contributed by atoms with Gasteiger partial charge in [0.05, 0.1) is 5.69 Å². The molecule has 1 saturated heterocycles. The molecule has 0 radical (unpaired) electrons. The highest BCUT2D eigenvalue weighted by atomic mass is 19.1. The summed E-state index contributed by atoms with van der Waals surface area (Å²) in [5.74, 6) is -0.670. The lowest BCUT2D eigenvalue weighted by Gasteiger charge is -2.33. The lowest BCUT2D eigenvalue weighted by atomic mass is 9.89. The summed E-state index contributed by atoms with van der Waals surface area (Å²) in [6, 6.07) is 11.7. The van der Waals surface area contributed by atoms with Gasteiger partial charge in [-0.05, 0) is 89.3 Å². The molecule has 0 bridgehead atoms. The van der Waals surface area contributed by atoms with Crippen LogP contribution in [0.4, 0.5) is 14.9 Å². The number of hydrogen-bond donors (Lipinski definition) is 1. The standard InChI is InChI=1S/C28H33FN4O3/c1-18-6-11-24(19(2)16-18)33-17-23(20-12-14-32(15-13-20)27(35)36-28(3,4)5)25(31-33)26(34)30-22-9-7-21(29)8-10-22/h6-11,16-17,20H,12-15H2,1-5H3,(H,30,34). The molecule has 0 saturated carbocycles. The minimum Gasteiger partial charge on any atom is -0.444 e. The molecule has 190 valence electrons. The van der Waals surface area contributed by atoms with Gasteiger partial charge in [0.15, 0.2) is 5.69 Å². The molecule has 3 aromatic rings. The Kier molecular flexibility index (Phi) is 7.15. The van der Waals surface area contributed by atoms with E-state index in [1.54, 1.807) is 9.58 Å². The number of hydrogen-bond acceptors (Lipinski definition) is 4. The van der Waals surface area contributed by atoms with Crippen molar-refractivity contribution in [1.29, 1.82) is 0 Å². The van der Waals surface area contributed by atoms with E-state index in [9.17, 15) is 14.0 Å². The third-order valence-corrected chi connectivity index (χ3v) is 6.25. The number of carbonyl (C=O) groups is 2. The Morgan fingerprint density at radius 2 is 1.72 bits per heavy atom. The predicted octanol–water partition coefficient (Wildman–Crippen LogP) is 6.00. The monoisotopic (exact) mass is 492 g/mol. The molecule has 2 heterocycles. The summed E-state index contributed by atoms with van der Waals surface area (Å²) in [6.07, 6.45) is 2.98. The summed E-state index contributed by atoms with van der Waals surface area (Å²) in [5.41, 5.74) is 4.20. The van der Waals surface area contributed by atoms with Crippen molar-refractivity contribution >= 4 is 17.7 Å². The van der Waals surface area contributed by atoms with Gasteiger partial charge in [-0.3, -0.25) is 4.79 Å². The molecule has 2 amide bonds. The van der Waals surface area contributed by atoms with Crippen molar-refractivity contribution in [1.82, 2.24) is 14.7 Å². The number of anilines is 1. The first-order chi connectivity index (χ1) is 17.0. The fourth-order valence-corrected chi connectivity index (χ4v) is 4.47. The summed E-state index contributed by atoms with van der Waals surface area (Å²) in [4.78, 5) is 27.5. The topological polar surface area (TPSA) is 76.5 Å². The van der Waals surface area contributed by atoms with E-state index in [1.165, 1.54) is 24.3 Å². The molecule has 4 rings (SSSR count). The number of piperidine rings is 1. The lowest BCUT2D eigenvalue weighted by Crippen LogP contribution is -2.41. The fourth-order valence-electron chi connectivity index (χ4n) is 4.47. The third-order valence-electron chi connectivity index (χ3n) is 6.25. The first-order valence-corrected chi connectivity index (χ1v) is 12.2. The van der Waals surface area contributed by atoms with Crippen LogP contribution in [0.2, 0.25) is 0 Å². The number of aryl methyl sites for hydroxylation is 2. The van der Waals surface area contributed by atoms with Gasteiger partial charge >= 0.3 is 6.09 Å². The number of aromatic nitrogens is 2. The van der Waals surface area contributed by atoms with Crippen molar-refractivity contribution in [2.75, 3.05) is 18.4 Å². The molecule has 1 N–H and O–H groups in total. The Balaban J connectivity index is 1.61. The summed E-state index contributed by atoms with van der Waals surface area (Å²) in [7, 11) is 0. The number of nitrogens with one attached hydrogen (secondary N) is 1. The zero-order valence-electron chi connectivity index (χ0n) is 21.5. The van der Waals surface area contributed by atoms with E-state index in [1.807, 2.05) is 52.9 Å². The predicted molar refractivity (Wildman–Crippen MR) is 137 cm³/mol. The van der Waals surface area contributed by atoms with Crippen LogP contribution in [-0.4, -0.2) is 45.4 Å². The van der Waals surface area contributed by atoms with E-state index in [0.29, 0.717) is 37.3 Å². The van der Waals surface area contributed by atoms with Crippen LogP contribution in [-0.2, 0) is 4.74 Å². The number of rotatable bonds is 4. The molecule has 0 spiro atoms. The summed E-state index contributed by atoms with van der Waals surface area (Å²) < 4.78 is 20.6. The van der Waals surface area contributed by atoms with Gasteiger partial charge in [0, 0.05) is 30.5 Å². The molecule has 0 aliphatic carbocycles. The molecule has 8 heteroatoms. The Bertz CT molecular complexity index is 1250. The van der Waals surface area contributed by atoms with Crippen LogP contribution < -0.4 is 5.32 Å². The minimum absolute atomic E-state index is 0.0529. The van der Waals surface area contributed by atoms with Crippen LogP contribution in [0.5, 0.6) is 0 Å². The maximum Gasteiger partial charge on any atom is 0.410 e. The first kappa shape index (κ1) is 25.4. The highest BCUT2D eigenvalue weighted by Gasteiger charge is 2.31. The van der Waals surface area contributed by atoms with Gasteiger partial charge in [-0.2, -0.15) is 5.10 Å². The maximum atomic E-state index is 13.3. The van der Waals surface area contributed by atoms with E-state index >= 15 is 0 Å². The number of nitrogens with zero attached hydrogens (tertiary/aromatic N) is 3. The smallest absolute Gasteiger partial charge is 0.410 e. The summed E-state index contributed by atoms with van der Waals surface area (Å²) >= 11 is 0. The molecule has 1 aromatic heterocycles. The average molecular weight is 493 g/mol. The number of likely N-dealkylation sites (tertiary alicyclic amines) is 1. The molecular formula is C28H33FN4O3. The second-order valence-corrected chi connectivity index (χ2v) is 10.4. The van der Waals surface area contributed by atoms with Crippen molar-refractivity contribution in [3.63, 3.8) is 0 Å². The molecule has 1 aliphatic heterocycles. The van der Waals surface area contributed by atoms with E-state index < -0.39 is 5.60 Å². The fraction of sp³-hybridized carbons (Fsp3) is 0.393. The number of benzene rings is 2. The number of halogens is 1. The Morgan fingerprint density at radius 3 is 2.33 bits per heavy atom. The molecule has 1 fully saturated rings.